The Hall–Kier alpha value is -1.93. The molecule has 2 rings (SSSR count). The van der Waals surface area contributed by atoms with Gasteiger partial charge in [0, 0.05) is 24.0 Å². The van der Waals surface area contributed by atoms with Crippen LogP contribution >= 0.6 is 11.3 Å². The van der Waals surface area contributed by atoms with Gasteiger partial charge >= 0.3 is 6.18 Å². The number of benzene rings is 1. The van der Waals surface area contributed by atoms with Crippen LogP contribution in [0.4, 0.5) is 13.2 Å². The average Bonchev–Trinajstić information content (AvgIpc) is 3.08. The van der Waals surface area contributed by atoms with E-state index in [9.17, 15) is 18.0 Å². The summed E-state index contributed by atoms with van der Waals surface area (Å²) in [6.45, 7) is 7.14. The minimum absolute atomic E-state index is 0.219. The van der Waals surface area contributed by atoms with E-state index in [-0.39, 0.29) is 11.6 Å². The first-order chi connectivity index (χ1) is 11.8. The van der Waals surface area contributed by atoms with E-state index in [1.807, 2.05) is 13.8 Å². The maximum absolute atomic E-state index is 12.8. The van der Waals surface area contributed by atoms with Gasteiger partial charge < -0.3 is 10.2 Å². The van der Waals surface area contributed by atoms with Crippen LogP contribution in [0.3, 0.4) is 0 Å². The maximum atomic E-state index is 12.8. The zero-order chi connectivity index (χ0) is 18.4. The quantitative estimate of drug-likeness (QED) is 0.803. The highest BCUT2D eigenvalue weighted by atomic mass is 32.1. The van der Waals surface area contributed by atoms with Gasteiger partial charge in [-0.05, 0) is 25.2 Å². The molecule has 0 bridgehead atoms. The average molecular weight is 371 g/mol. The molecule has 0 saturated heterocycles. The Kier molecular flexibility index (Phi) is 6.55. The number of alkyl halides is 3. The van der Waals surface area contributed by atoms with Crippen molar-refractivity contribution in [3.8, 4) is 10.6 Å². The molecule has 0 fully saturated rings. The fourth-order valence-electron chi connectivity index (χ4n) is 2.30. The lowest BCUT2D eigenvalue weighted by atomic mass is 10.1. The predicted octanol–water partition coefficient (Wildman–Crippen LogP) is 3.90. The minimum atomic E-state index is -4.40. The van der Waals surface area contributed by atoms with E-state index in [0.717, 1.165) is 43.1 Å². The zero-order valence-corrected chi connectivity index (χ0v) is 14.9. The Balaban J connectivity index is 2.03. The molecule has 0 aliphatic heterocycles. The number of nitrogens with zero attached hydrogens (tertiary/aromatic N) is 2. The van der Waals surface area contributed by atoms with Crippen LogP contribution in [0.2, 0.25) is 0 Å². The smallest absolute Gasteiger partial charge is 0.349 e. The molecule has 0 radical (unpaired) electrons. The molecule has 4 nitrogen and oxygen atoms in total. The van der Waals surface area contributed by atoms with Crippen LogP contribution in [0.1, 0.15) is 29.9 Å². The summed E-state index contributed by atoms with van der Waals surface area (Å²) in [6.07, 6.45) is -4.40. The van der Waals surface area contributed by atoms with Crippen LogP contribution in [-0.4, -0.2) is 42.0 Å². The number of likely N-dealkylation sites (N-methyl/N-ethyl adjacent to an activating group) is 1. The summed E-state index contributed by atoms with van der Waals surface area (Å²) in [4.78, 5) is 18.5. The fraction of sp³-hybridized carbons (Fsp3) is 0.412. The van der Waals surface area contributed by atoms with Crippen molar-refractivity contribution in [1.29, 1.82) is 0 Å². The largest absolute Gasteiger partial charge is 0.416 e. The first-order valence-electron chi connectivity index (χ1n) is 7.98. The van der Waals surface area contributed by atoms with Crippen LogP contribution < -0.4 is 5.32 Å². The van der Waals surface area contributed by atoms with Crippen molar-refractivity contribution in [2.24, 2.45) is 0 Å². The normalized spacial score (nSPS) is 11.8. The van der Waals surface area contributed by atoms with Crippen LogP contribution in [0.5, 0.6) is 0 Å². The van der Waals surface area contributed by atoms with E-state index in [2.05, 4.69) is 15.2 Å². The van der Waals surface area contributed by atoms with Crippen molar-refractivity contribution in [1.82, 2.24) is 15.2 Å². The van der Waals surface area contributed by atoms with Crippen molar-refractivity contribution in [2.45, 2.75) is 20.0 Å². The standard InChI is InChI=1S/C17H20F3N3OS/c1-3-23(4-2)9-8-21-15(24)14-11-25-16(22-14)12-6-5-7-13(10-12)17(18,19)20/h5-7,10-11H,3-4,8-9H2,1-2H3,(H,21,24). The number of amides is 1. The summed E-state index contributed by atoms with van der Waals surface area (Å²) in [6, 6.07) is 4.94. The Labute approximate surface area is 148 Å². The number of aromatic nitrogens is 1. The monoisotopic (exact) mass is 371 g/mol. The second-order valence-electron chi connectivity index (χ2n) is 5.40. The SMILES string of the molecule is CCN(CC)CCNC(=O)c1csc(-c2cccc(C(F)(F)F)c2)n1. The van der Waals surface area contributed by atoms with Gasteiger partial charge in [0.2, 0.25) is 0 Å². The number of thiazole rings is 1. The molecule has 0 aliphatic carbocycles. The number of carbonyl (C=O) groups is 1. The van der Waals surface area contributed by atoms with Crippen LogP contribution in [-0.2, 0) is 6.18 Å². The second-order valence-corrected chi connectivity index (χ2v) is 6.26. The van der Waals surface area contributed by atoms with Gasteiger partial charge in [-0.15, -0.1) is 11.3 Å². The summed E-state index contributed by atoms with van der Waals surface area (Å²) in [5.41, 5.74) is -0.163. The third-order valence-electron chi connectivity index (χ3n) is 3.78. The predicted molar refractivity (Wildman–Crippen MR) is 92.7 cm³/mol. The molecular formula is C17H20F3N3OS. The van der Waals surface area contributed by atoms with E-state index < -0.39 is 11.7 Å². The Morgan fingerprint density at radius 1 is 1.28 bits per heavy atom. The van der Waals surface area contributed by atoms with Crippen molar-refractivity contribution in [3.05, 3.63) is 40.9 Å². The van der Waals surface area contributed by atoms with Gasteiger partial charge in [0.05, 0.1) is 5.56 Å². The Morgan fingerprint density at radius 3 is 2.64 bits per heavy atom. The van der Waals surface area contributed by atoms with Gasteiger partial charge in [0.15, 0.2) is 0 Å². The van der Waals surface area contributed by atoms with Gasteiger partial charge in [-0.2, -0.15) is 13.2 Å². The van der Waals surface area contributed by atoms with E-state index in [0.29, 0.717) is 17.1 Å². The topological polar surface area (TPSA) is 45.2 Å². The molecule has 0 saturated carbocycles. The Bertz CT molecular complexity index is 711. The summed E-state index contributed by atoms with van der Waals surface area (Å²) < 4.78 is 38.4. The first kappa shape index (κ1) is 19.4. The van der Waals surface area contributed by atoms with Crippen LogP contribution in [0.15, 0.2) is 29.6 Å². The molecule has 1 aromatic carbocycles. The molecule has 136 valence electrons. The van der Waals surface area contributed by atoms with Crippen molar-refractivity contribution in [2.75, 3.05) is 26.2 Å². The molecule has 2 aromatic rings. The molecule has 0 unspecified atom stereocenters. The number of nitrogens with one attached hydrogen (secondary N) is 1. The van der Waals surface area contributed by atoms with Gasteiger partial charge in [-0.25, -0.2) is 4.98 Å². The summed E-state index contributed by atoms with van der Waals surface area (Å²) in [5.74, 6) is -0.318. The van der Waals surface area contributed by atoms with Crippen molar-refractivity contribution in [3.63, 3.8) is 0 Å². The van der Waals surface area contributed by atoms with E-state index in [1.165, 1.54) is 6.07 Å². The maximum Gasteiger partial charge on any atom is 0.416 e. The van der Waals surface area contributed by atoms with Gasteiger partial charge in [-0.1, -0.05) is 26.0 Å². The highest BCUT2D eigenvalue weighted by molar-refractivity contribution is 7.13. The van der Waals surface area contributed by atoms with Gasteiger partial charge in [0.25, 0.3) is 5.91 Å². The first-order valence-corrected chi connectivity index (χ1v) is 8.86. The molecule has 8 heteroatoms. The second kappa shape index (κ2) is 8.44. The molecule has 1 amide bonds. The lowest BCUT2D eigenvalue weighted by Gasteiger charge is -2.17. The Morgan fingerprint density at radius 2 is 2.00 bits per heavy atom. The third kappa shape index (κ3) is 5.27. The molecule has 1 heterocycles. The highest BCUT2D eigenvalue weighted by Crippen LogP contribution is 2.33. The molecule has 0 spiro atoms. The summed E-state index contributed by atoms with van der Waals surface area (Å²) in [5, 5.41) is 4.73. The van der Waals surface area contributed by atoms with Crippen LogP contribution in [0, 0.1) is 0 Å². The lowest BCUT2D eigenvalue weighted by Crippen LogP contribution is -2.34. The summed E-state index contributed by atoms with van der Waals surface area (Å²) >= 11 is 1.15. The number of rotatable bonds is 7. The van der Waals surface area contributed by atoms with E-state index >= 15 is 0 Å². The fourth-order valence-corrected chi connectivity index (χ4v) is 3.09. The molecule has 1 N–H and O–H groups in total. The third-order valence-corrected chi connectivity index (χ3v) is 4.67. The molecular weight excluding hydrogens is 351 g/mol. The minimum Gasteiger partial charge on any atom is -0.349 e. The zero-order valence-electron chi connectivity index (χ0n) is 14.1. The number of hydrogen-bond donors (Lipinski definition) is 1. The van der Waals surface area contributed by atoms with Crippen molar-refractivity contribution >= 4 is 17.2 Å². The van der Waals surface area contributed by atoms with Gasteiger partial charge in [-0.3, -0.25) is 4.79 Å². The van der Waals surface area contributed by atoms with Crippen molar-refractivity contribution < 1.29 is 18.0 Å². The van der Waals surface area contributed by atoms with E-state index in [1.54, 1.807) is 11.4 Å². The van der Waals surface area contributed by atoms with Crippen LogP contribution in [0.25, 0.3) is 10.6 Å². The van der Waals surface area contributed by atoms with Gasteiger partial charge in [0.1, 0.15) is 10.7 Å². The summed E-state index contributed by atoms with van der Waals surface area (Å²) in [7, 11) is 0. The highest BCUT2D eigenvalue weighted by Gasteiger charge is 2.30. The molecule has 0 atom stereocenters. The van der Waals surface area contributed by atoms with E-state index in [4.69, 9.17) is 0 Å². The lowest BCUT2D eigenvalue weighted by molar-refractivity contribution is -0.137. The molecule has 0 aliphatic rings. The molecule has 25 heavy (non-hydrogen) atoms. The number of hydrogen-bond acceptors (Lipinski definition) is 4. The number of halogens is 3. The number of carbonyl (C=O) groups excluding carboxylic acids is 1. The molecule has 1 aromatic heterocycles.